The largest absolute Gasteiger partial charge is 0.492 e. The molecule has 8 heteroatoms. The van der Waals surface area contributed by atoms with Crippen LogP contribution >= 0.6 is 0 Å². The second kappa shape index (κ2) is 8.54. The first-order valence-electron chi connectivity index (χ1n) is 9.18. The van der Waals surface area contributed by atoms with Gasteiger partial charge in [-0.3, -0.25) is 9.78 Å². The first-order chi connectivity index (χ1) is 13.4. The molecule has 0 aliphatic carbocycles. The van der Waals surface area contributed by atoms with Crippen molar-refractivity contribution in [3.05, 3.63) is 58.9 Å². The number of benzene rings is 1. The first-order valence-corrected chi connectivity index (χ1v) is 9.18. The molecule has 2 aromatic rings. The number of fused-ring (bicyclic) bond motifs is 1. The van der Waals surface area contributed by atoms with Gasteiger partial charge in [0.15, 0.2) is 0 Å². The molecular weight excluding hydrogens is 359 g/mol. The number of carbonyl (C=O) groups is 2. The van der Waals surface area contributed by atoms with Crippen molar-refractivity contribution < 1.29 is 24.0 Å². The molecule has 146 valence electrons. The van der Waals surface area contributed by atoms with Crippen molar-refractivity contribution in [2.75, 3.05) is 0 Å². The van der Waals surface area contributed by atoms with E-state index < -0.39 is 25.0 Å². The Balaban J connectivity index is 1.71. The van der Waals surface area contributed by atoms with E-state index in [1.807, 2.05) is 19.9 Å². The maximum absolute atomic E-state index is 12.8. The van der Waals surface area contributed by atoms with Gasteiger partial charge in [-0.05, 0) is 47.6 Å². The van der Waals surface area contributed by atoms with E-state index in [0.29, 0.717) is 28.9 Å². The Kier molecular flexibility index (Phi) is 6.11. The number of ether oxygens (including phenoxy) is 1. The lowest BCUT2D eigenvalue weighted by atomic mass is 9.75. The average molecular weight is 382 g/mol. The van der Waals surface area contributed by atoms with Gasteiger partial charge in [0.2, 0.25) is 0 Å². The van der Waals surface area contributed by atoms with Gasteiger partial charge in [-0.15, -0.1) is 0 Å². The van der Waals surface area contributed by atoms with Crippen molar-refractivity contribution in [2.45, 2.75) is 40.0 Å². The lowest BCUT2D eigenvalue weighted by Crippen LogP contribution is -2.46. The van der Waals surface area contributed by atoms with Crippen molar-refractivity contribution in [3.8, 4) is 0 Å². The number of esters is 1. The highest BCUT2D eigenvalue weighted by Crippen LogP contribution is 2.17. The molecule has 1 unspecified atom stereocenters. The Bertz CT molecular complexity index is 872. The second-order valence-corrected chi connectivity index (χ2v) is 7.10. The number of aromatic nitrogens is 1. The van der Waals surface area contributed by atoms with Crippen LogP contribution in [0.1, 0.15) is 41.0 Å². The Morgan fingerprint density at radius 1 is 1.32 bits per heavy atom. The van der Waals surface area contributed by atoms with E-state index in [0.717, 1.165) is 5.56 Å². The van der Waals surface area contributed by atoms with Gasteiger partial charge < -0.3 is 19.7 Å². The molecule has 0 radical (unpaired) electrons. The van der Waals surface area contributed by atoms with Crippen LogP contribution in [0.15, 0.2) is 36.5 Å². The van der Waals surface area contributed by atoms with Crippen molar-refractivity contribution in [1.82, 2.24) is 10.3 Å². The van der Waals surface area contributed by atoms with Crippen LogP contribution in [-0.4, -0.2) is 35.0 Å². The molecule has 0 saturated carbocycles. The van der Waals surface area contributed by atoms with E-state index in [9.17, 15) is 14.6 Å². The second-order valence-electron chi connectivity index (χ2n) is 7.10. The van der Waals surface area contributed by atoms with Crippen LogP contribution in [0.3, 0.4) is 0 Å². The lowest BCUT2D eigenvalue weighted by molar-refractivity contribution is -0.148. The van der Waals surface area contributed by atoms with Gasteiger partial charge >= 0.3 is 13.1 Å². The summed E-state index contributed by atoms with van der Waals surface area (Å²) in [5, 5.41) is 12.7. The molecule has 2 N–H and O–H groups in total. The molecule has 28 heavy (non-hydrogen) atoms. The topological polar surface area (TPSA) is 97.8 Å². The number of carbonyl (C=O) groups excluding carboxylic acids is 2. The summed E-state index contributed by atoms with van der Waals surface area (Å²) >= 11 is 0. The lowest BCUT2D eigenvalue weighted by Gasteiger charge is -2.21. The summed E-state index contributed by atoms with van der Waals surface area (Å²) in [5.41, 5.74) is 3.15. The van der Waals surface area contributed by atoms with Gasteiger partial charge in [-0.1, -0.05) is 26.0 Å². The van der Waals surface area contributed by atoms with Gasteiger partial charge in [0.25, 0.3) is 5.91 Å². The minimum Gasteiger partial charge on any atom is -0.458 e. The van der Waals surface area contributed by atoms with E-state index in [2.05, 4.69) is 10.3 Å². The zero-order valence-corrected chi connectivity index (χ0v) is 16.1. The summed E-state index contributed by atoms with van der Waals surface area (Å²) < 4.78 is 10.5. The quantitative estimate of drug-likeness (QED) is 0.574. The molecule has 0 bridgehead atoms. The summed E-state index contributed by atoms with van der Waals surface area (Å²) in [6.07, 6.45) is 1.62. The predicted octanol–water partition coefficient (Wildman–Crippen LogP) is 1.11. The van der Waals surface area contributed by atoms with Crippen LogP contribution in [0.2, 0.25) is 0 Å². The number of rotatable bonds is 6. The van der Waals surface area contributed by atoms with Gasteiger partial charge in [-0.2, -0.15) is 0 Å². The number of nitrogens with one attached hydrogen (secondary N) is 1. The summed E-state index contributed by atoms with van der Waals surface area (Å²) in [6, 6.07) is 8.00. The molecular formula is C20H23BN2O5. The standard InChI is InChI=1S/C20H23BN2O5/c1-12(2)18(20(25)27-11-15-6-4-5-9-22-15)23-19(24)16-8-7-14-10-28-21(26)17(14)13(16)3/h4-9,12,18,26H,10-11H2,1-3H3,(H,23,24). The zero-order chi connectivity index (χ0) is 20.3. The summed E-state index contributed by atoms with van der Waals surface area (Å²) in [7, 11) is -1.04. The van der Waals surface area contributed by atoms with E-state index in [1.54, 1.807) is 37.4 Å². The minimum atomic E-state index is -1.04. The van der Waals surface area contributed by atoms with Crippen LogP contribution in [0.4, 0.5) is 0 Å². The normalized spacial score (nSPS) is 14.0. The van der Waals surface area contributed by atoms with Crippen molar-refractivity contribution >= 4 is 24.5 Å². The SMILES string of the molecule is Cc1c(C(=O)NC(C(=O)OCc2ccccn2)C(C)C)ccc2c1B(O)OC2. The third kappa shape index (κ3) is 4.23. The number of hydrogen-bond acceptors (Lipinski definition) is 6. The van der Waals surface area contributed by atoms with E-state index >= 15 is 0 Å². The molecule has 1 aromatic carbocycles. The molecule has 1 amide bonds. The Morgan fingerprint density at radius 3 is 2.79 bits per heavy atom. The van der Waals surface area contributed by atoms with Crippen LogP contribution in [0.25, 0.3) is 0 Å². The maximum Gasteiger partial charge on any atom is 0.492 e. The molecule has 1 aliphatic heterocycles. The maximum atomic E-state index is 12.8. The summed E-state index contributed by atoms with van der Waals surface area (Å²) in [4.78, 5) is 29.5. The molecule has 7 nitrogen and oxygen atoms in total. The molecule has 0 saturated heterocycles. The highest BCUT2D eigenvalue weighted by molar-refractivity contribution is 6.62. The fourth-order valence-electron chi connectivity index (χ4n) is 3.19. The van der Waals surface area contributed by atoms with Gasteiger partial charge in [0, 0.05) is 11.8 Å². The van der Waals surface area contributed by atoms with Crippen molar-refractivity contribution in [2.24, 2.45) is 5.92 Å². The minimum absolute atomic E-state index is 0.0418. The molecule has 3 rings (SSSR count). The fraction of sp³-hybridized carbons (Fsp3) is 0.350. The Labute approximate surface area is 164 Å². The third-order valence-corrected chi connectivity index (χ3v) is 4.79. The van der Waals surface area contributed by atoms with E-state index in [-0.39, 0.29) is 12.5 Å². The molecule has 1 aliphatic rings. The Hall–Kier alpha value is -2.71. The van der Waals surface area contributed by atoms with Crippen LogP contribution in [0, 0.1) is 12.8 Å². The number of hydrogen-bond donors (Lipinski definition) is 2. The first kappa shape index (κ1) is 20.0. The predicted molar refractivity (Wildman–Crippen MR) is 104 cm³/mol. The molecule has 1 aromatic heterocycles. The number of nitrogens with zero attached hydrogens (tertiary/aromatic N) is 1. The van der Waals surface area contributed by atoms with Gasteiger partial charge in [-0.25, -0.2) is 4.79 Å². The molecule has 1 atom stereocenters. The highest BCUT2D eigenvalue weighted by atomic mass is 16.5. The highest BCUT2D eigenvalue weighted by Gasteiger charge is 2.32. The van der Waals surface area contributed by atoms with E-state index in [1.165, 1.54) is 0 Å². The zero-order valence-electron chi connectivity index (χ0n) is 16.1. The van der Waals surface area contributed by atoms with Gasteiger partial charge in [0.05, 0.1) is 12.3 Å². The van der Waals surface area contributed by atoms with Crippen LogP contribution in [-0.2, 0) is 27.4 Å². The smallest absolute Gasteiger partial charge is 0.458 e. The van der Waals surface area contributed by atoms with Crippen LogP contribution < -0.4 is 10.8 Å². The fourth-order valence-corrected chi connectivity index (χ4v) is 3.19. The Morgan fingerprint density at radius 2 is 2.11 bits per heavy atom. The van der Waals surface area contributed by atoms with Gasteiger partial charge in [0.1, 0.15) is 12.6 Å². The van der Waals surface area contributed by atoms with E-state index in [4.69, 9.17) is 9.39 Å². The third-order valence-electron chi connectivity index (χ3n) is 4.79. The van der Waals surface area contributed by atoms with Crippen molar-refractivity contribution in [1.29, 1.82) is 0 Å². The monoisotopic (exact) mass is 382 g/mol. The van der Waals surface area contributed by atoms with Crippen molar-refractivity contribution in [3.63, 3.8) is 0 Å². The molecule has 0 fully saturated rings. The number of pyridine rings is 1. The number of amides is 1. The summed E-state index contributed by atoms with van der Waals surface area (Å²) in [5.74, 6) is -1.08. The molecule has 2 heterocycles. The molecule has 0 spiro atoms. The average Bonchev–Trinajstić information content (AvgIpc) is 3.06. The van der Waals surface area contributed by atoms with Crippen LogP contribution in [0.5, 0.6) is 0 Å². The summed E-state index contributed by atoms with van der Waals surface area (Å²) in [6.45, 7) is 5.78.